The summed E-state index contributed by atoms with van der Waals surface area (Å²) in [6.45, 7) is 1.53. The predicted molar refractivity (Wildman–Crippen MR) is 109 cm³/mol. The van der Waals surface area contributed by atoms with Gasteiger partial charge in [-0.05, 0) is 42.7 Å². The molecule has 164 valence electrons. The van der Waals surface area contributed by atoms with Crippen molar-refractivity contribution in [2.24, 2.45) is 0 Å². The molecule has 1 amide bonds. The van der Waals surface area contributed by atoms with E-state index >= 15 is 0 Å². The van der Waals surface area contributed by atoms with Gasteiger partial charge in [-0.2, -0.15) is 4.31 Å². The largest absolute Gasteiger partial charge is 0.486 e. The van der Waals surface area contributed by atoms with E-state index in [-0.39, 0.29) is 24.1 Å². The highest BCUT2D eigenvalue weighted by molar-refractivity contribution is 7.89. The number of carbonyl (C=O) groups is 1. The molecule has 2 aromatic rings. The number of nitrogens with zero attached hydrogens (tertiary/aromatic N) is 1. The number of benzene rings is 2. The molecule has 31 heavy (non-hydrogen) atoms. The van der Waals surface area contributed by atoms with Crippen molar-refractivity contribution in [2.45, 2.75) is 30.3 Å². The van der Waals surface area contributed by atoms with E-state index in [4.69, 9.17) is 18.9 Å². The predicted octanol–water partition coefficient (Wildman–Crippen LogP) is 1.66. The lowest BCUT2D eigenvalue weighted by atomic mass is 10.2. The van der Waals surface area contributed by atoms with E-state index in [2.05, 4.69) is 5.32 Å². The third-order valence-electron chi connectivity index (χ3n) is 5.53. The maximum atomic E-state index is 13.3. The van der Waals surface area contributed by atoms with Gasteiger partial charge in [-0.15, -0.1) is 0 Å². The fraction of sp³-hybridized carbons (Fsp3) is 0.381. The minimum atomic E-state index is -3.86. The summed E-state index contributed by atoms with van der Waals surface area (Å²) in [5, 5.41) is 2.85. The van der Waals surface area contributed by atoms with Crippen LogP contribution in [0, 0.1) is 0 Å². The first-order valence-electron chi connectivity index (χ1n) is 10.1. The first kappa shape index (κ1) is 20.0. The van der Waals surface area contributed by atoms with Crippen molar-refractivity contribution in [3.05, 3.63) is 42.0 Å². The molecule has 0 spiro atoms. The molecule has 3 aliphatic rings. The number of carbonyl (C=O) groups excluding carboxylic acids is 1. The molecule has 0 aliphatic carbocycles. The van der Waals surface area contributed by atoms with Crippen LogP contribution in [-0.4, -0.2) is 51.2 Å². The second kappa shape index (κ2) is 7.93. The molecular formula is C21H22N2O7S. The fourth-order valence-corrected chi connectivity index (χ4v) is 5.64. The molecule has 3 heterocycles. The van der Waals surface area contributed by atoms with Gasteiger partial charge in [0, 0.05) is 19.2 Å². The lowest BCUT2D eigenvalue weighted by Crippen LogP contribution is -2.45. The topological polar surface area (TPSA) is 103 Å². The summed E-state index contributed by atoms with van der Waals surface area (Å²) in [6, 6.07) is 9.22. The highest BCUT2D eigenvalue weighted by Gasteiger charge is 2.39. The third-order valence-corrected chi connectivity index (χ3v) is 7.43. The monoisotopic (exact) mass is 446 g/mol. The molecule has 10 heteroatoms. The maximum absolute atomic E-state index is 13.3. The lowest BCUT2D eigenvalue weighted by molar-refractivity contribution is -0.124. The van der Waals surface area contributed by atoms with Crippen molar-refractivity contribution in [1.82, 2.24) is 9.62 Å². The van der Waals surface area contributed by atoms with Crippen LogP contribution in [0.15, 0.2) is 41.3 Å². The number of fused-ring (bicyclic) bond motifs is 2. The van der Waals surface area contributed by atoms with Gasteiger partial charge in [0.2, 0.25) is 22.7 Å². The minimum absolute atomic E-state index is 0.0900. The van der Waals surface area contributed by atoms with Crippen LogP contribution in [0.1, 0.15) is 18.4 Å². The molecule has 9 nitrogen and oxygen atoms in total. The zero-order chi connectivity index (χ0) is 21.4. The van der Waals surface area contributed by atoms with Crippen molar-refractivity contribution in [1.29, 1.82) is 0 Å². The van der Waals surface area contributed by atoms with Crippen molar-refractivity contribution >= 4 is 15.9 Å². The minimum Gasteiger partial charge on any atom is -0.486 e. The van der Waals surface area contributed by atoms with Gasteiger partial charge in [-0.3, -0.25) is 4.79 Å². The van der Waals surface area contributed by atoms with Crippen LogP contribution in [0.4, 0.5) is 0 Å². The average molecular weight is 446 g/mol. The van der Waals surface area contributed by atoms with Crippen molar-refractivity contribution in [2.75, 3.05) is 26.6 Å². The molecule has 2 aromatic carbocycles. The van der Waals surface area contributed by atoms with Crippen molar-refractivity contribution < 1.29 is 32.2 Å². The summed E-state index contributed by atoms with van der Waals surface area (Å²) in [6.07, 6.45) is 1.09. The lowest BCUT2D eigenvalue weighted by Gasteiger charge is -2.24. The average Bonchev–Trinajstić information content (AvgIpc) is 3.46. The van der Waals surface area contributed by atoms with Crippen LogP contribution in [-0.2, 0) is 21.4 Å². The second-order valence-electron chi connectivity index (χ2n) is 7.48. The Hall–Kier alpha value is -2.98. The number of hydrogen-bond donors (Lipinski definition) is 1. The van der Waals surface area contributed by atoms with Crippen LogP contribution in [0.2, 0.25) is 0 Å². The summed E-state index contributed by atoms with van der Waals surface area (Å²) < 4.78 is 49.4. The molecule has 0 aromatic heterocycles. The molecule has 1 fully saturated rings. The van der Waals surface area contributed by atoms with Gasteiger partial charge < -0.3 is 24.3 Å². The van der Waals surface area contributed by atoms with Gasteiger partial charge in [-0.1, -0.05) is 6.07 Å². The first-order valence-corrected chi connectivity index (χ1v) is 11.5. The quantitative estimate of drug-likeness (QED) is 0.745. The Bertz CT molecular complexity index is 1120. The van der Waals surface area contributed by atoms with E-state index in [1.54, 1.807) is 18.2 Å². The molecular weight excluding hydrogens is 424 g/mol. The van der Waals surface area contributed by atoms with Gasteiger partial charge in [0.15, 0.2) is 23.0 Å². The van der Waals surface area contributed by atoms with E-state index < -0.39 is 16.1 Å². The van der Waals surface area contributed by atoms with Gasteiger partial charge >= 0.3 is 0 Å². The molecule has 0 unspecified atom stereocenters. The zero-order valence-corrected chi connectivity index (χ0v) is 17.5. The number of amides is 1. The van der Waals surface area contributed by atoms with E-state index in [0.717, 1.165) is 5.56 Å². The molecule has 0 bridgehead atoms. The second-order valence-corrected chi connectivity index (χ2v) is 9.38. The Morgan fingerprint density at radius 1 is 0.968 bits per heavy atom. The zero-order valence-electron chi connectivity index (χ0n) is 16.7. The van der Waals surface area contributed by atoms with Crippen LogP contribution in [0.3, 0.4) is 0 Å². The molecule has 0 radical (unpaired) electrons. The van der Waals surface area contributed by atoms with Gasteiger partial charge in [-0.25, -0.2) is 8.42 Å². The fourth-order valence-electron chi connectivity index (χ4n) is 3.97. The molecule has 1 N–H and O–H groups in total. The number of rotatable bonds is 5. The number of ether oxygens (including phenoxy) is 4. The Labute approximate surface area is 179 Å². The third kappa shape index (κ3) is 3.77. The number of hydrogen-bond acceptors (Lipinski definition) is 7. The van der Waals surface area contributed by atoms with Crippen LogP contribution in [0.5, 0.6) is 23.0 Å². The first-order chi connectivity index (χ1) is 15.0. The molecule has 3 aliphatic heterocycles. The smallest absolute Gasteiger partial charge is 0.243 e. The Balaban J connectivity index is 1.30. The summed E-state index contributed by atoms with van der Waals surface area (Å²) in [5.41, 5.74) is 0.844. The van der Waals surface area contributed by atoms with Gasteiger partial charge in [0.05, 0.1) is 4.90 Å². The highest BCUT2D eigenvalue weighted by atomic mass is 32.2. The van der Waals surface area contributed by atoms with Gasteiger partial charge in [0.25, 0.3) is 0 Å². The number of sulfonamides is 1. The normalized spacial score (nSPS) is 19.9. The number of nitrogens with one attached hydrogen (secondary N) is 1. The van der Waals surface area contributed by atoms with E-state index in [1.165, 1.54) is 16.4 Å². The van der Waals surface area contributed by atoms with Gasteiger partial charge in [0.1, 0.15) is 19.3 Å². The van der Waals surface area contributed by atoms with Crippen LogP contribution < -0.4 is 24.3 Å². The van der Waals surface area contributed by atoms with Crippen LogP contribution in [0.25, 0.3) is 0 Å². The SMILES string of the molecule is O=C(NCc1ccc2c(c1)OCO2)[C@H]1CCCN1S(=O)(=O)c1ccc2c(c1)OCCO2. The van der Waals surface area contributed by atoms with Crippen molar-refractivity contribution in [3.8, 4) is 23.0 Å². The molecule has 1 atom stereocenters. The molecule has 5 rings (SSSR count). The van der Waals surface area contributed by atoms with E-state index in [9.17, 15) is 13.2 Å². The van der Waals surface area contributed by atoms with E-state index in [1.807, 2.05) is 6.07 Å². The summed E-state index contributed by atoms with van der Waals surface area (Å²) in [5.74, 6) is 1.90. The molecule has 0 saturated carbocycles. The molecule has 1 saturated heterocycles. The highest BCUT2D eigenvalue weighted by Crippen LogP contribution is 2.35. The summed E-state index contributed by atoms with van der Waals surface area (Å²) in [4.78, 5) is 12.9. The maximum Gasteiger partial charge on any atom is 0.243 e. The Morgan fingerprint density at radius 2 is 1.68 bits per heavy atom. The van der Waals surface area contributed by atoms with E-state index in [0.29, 0.717) is 55.6 Å². The standard InChI is InChI=1S/C21H22N2O7S/c24-21(22-12-14-3-5-18-19(10-14)30-13-29-18)16-2-1-7-23(16)31(25,26)15-4-6-17-20(11-15)28-9-8-27-17/h3-6,10-11,16H,1-2,7-9,12-13H2,(H,22,24)/t16-/m1/s1. The van der Waals surface area contributed by atoms with Crippen LogP contribution >= 0.6 is 0 Å². The Kier molecular flexibility index (Phi) is 5.11. The summed E-state index contributed by atoms with van der Waals surface area (Å²) >= 11 is 0. The summed E-state index contributed by atoms with van der Waals surface area (Å²) in [7, 11) is -3.86. The Morgan fingerprint density at radius 3 is 2.55 bits per heavy atom. The van der Waals surface area contributed by atoms with Crippen molar-refractivity contribution in [3.63, 3.8) is 0 Å².